The van der Waals surface area contributed by atoms with E-state index in [1.807, 2.05) is 12.1 Å². The lowest BCUT2D eigenvalue weighted by Gasteiger charge is -2.03. The summed E-state index contributed by atoms with van der Waals surface area (Å²) in [6, 6.07) is 8.34. The molecule has 0 heterocycles. The molecule has 0 N–H and O–H groups in total. The minimum absolute atomic E-state index is 1.15. The summed E-state index contributed by atoms with van der Waals surface area (Å²) in [5, 5.41) is 0. The van der Waals surface area contributed by atoms with E-state index in [0.717, 1.165) is 6.42 Å². The van der Waals surface area contributed by atoms with Crippen LogP contribution >= 0.6 is 0 Å². The molecule has 0 radical (unpaired) electrons. The summed E-state index contributed by atoms with van der Waals surface area (Å²) < 4.78 is 0. The Bertz CT molecular complexity index is 421. The van der Waals surface area contributed by atoms with Crippen molar-refractivity contribution in [3.63, 3.8) is 0 Å². The van der Waals surface area contributed by atoms with E-state index in [4.69, 9.17) is 0 Å². The smallest absolute Gasteiger partial charge is 0.0181 e. The third-order valence-corrected chi connectivity index (χ3v) is 2.92. The fourth-order valence-corrected chi connectivity index (χ4v) is 2.02. The second-order valence-corrected chi connectivity index (χ2v) is 3.96. The molecule has 0 saturated heterocycles. The lowest BCUT2D eigenvalue weighted by Crippen LogP contribution is -1.82. The number of benzene rings is 1. The fraction of sp³-hybridized carbons (Fsp3) is 0.200. The average molecular weight is 196 g/mol. The van der Waals surface area contributed by atoms with Gasteiger partial charge in [-0.25, -0.2) is 0 Å². The zero-order valence-corrected chi connectivity index (χ0v) is 9.00. The van der Waals surface area contributed by atoms with Gasteiger partial charge in [0.25, 0.3) is 0 Å². The van der Waals surface area contributed by atoms with E-state index in [2.05, 4.69) is 37.4 Å². The van der Waals surface area contributed by atoms with Gasteiger partial charge in [-0.05, 0) is 36.0 Å². The molecule has 1 fully saturated rings. The molecule has 1 aliphatic carbocycles. The van der Waals surface area contributed by atoms with E-state index in [0.29, 0.717) is 0 Å². The van der Waals surface area contributed by atoms with Gasteiger partial charge in [0.15, 0.2) is 0 Å². The summed E-state index contributed by atoms with van der Waals surface area (Å²) in [6.07, 6.45) is 7.74. The summed E-state index contributed by atoms with van der Waals surface area (Å²) in [4.78, 5) is 0. The minimum atomic E-state index is 1.15. The van der Waals surface area contributed by atoms with Crippen LogP contribution in [0, 0.1) is 0 Å². The summed E-state index contributed by atoms with van der Waals surface area (Å²) in [5.74, 6) is 0. The highest BCUT2D eigenvalue weighted by Crippen LogP contribution is 2.31. The van der Waals surface area contributed by atoms with E-state index in [9.17, 15) is 0 Å². The van der Waals surface area contributed by atoms with Crippen molar-refractivity contribution >= 4 is 12.2 Å². The SMILES string of the molecule is C=Cc1ccccc1/C=C1\CCCC1=C. The average Bonchev–Trinajstić information content (AvgIpc) is 2.65. The third kappa shape index (κ3) is 2.10. The van der Waals surface area contributed by atoms with Gasteiger partial charge in [0.2, 0.25) is 0 Å². The highest BCUT2D eigenvalue weighted by molar-refractivity contribution is 5.68. The van der Waals surface area contributed by atoms with Crippen LogP contribution in [-0.2, 0) is 0 Å². The number of hydrogen-bond donors (Lipinski definition) is 0. The summed E-state index contributed by atoms with van der Waals surface area (Å²) in [5.41, 5.74) is 5.16. The molecule has 0 aliphatic heterocycles. The van der Waals surface area contributed by atoms with E-state index in [1.54, 1.807) is 0 Å². The Kier molecular flexibility index (Phi) is 2.86. The van der Waals surface area contributed by atoms with Crippen LogP contribution in [0.2, 0.25) is 0 Å². The molecule has 1 saturated carbocycles. The Morgan fingerprint density at radius 3 is 2.40 bits per heavy atom. The van der Waals surface area contributed by atoms with E-state index >= 15 is 0 Å². The van der Waals surface area contributed by atoms with Gasteiger partial charge in [-0.15, -0.1) is 0 Å². The van der Waals surface area contributed by atoms with Crippen molar-refractivity contribution in [2.45, 2.75) is 19.3 Å². The van der Waals surface area contributed by atoms with Crippen LogP contribution in [0.3, 0.4) is 0 Å². The van der Waals surface area contributed by atoms with Crippen molar-refractivity contribution in [2.75, 3.05) is 0 Å². The van der Waals surface area contributed by atoms with E-state index in [1.165, 1.54) is 35.1 Å². The molecule has 0 bridgehead atoms. The highest BCUT2D eigenvalue weighted by Gasteiger charge is 2.11. The Hall–Kier alpha value is -1.56. The fourth-order valence-electron chi connectivity index (χ4n) is 2.02. The second kappa shape index (κ2) is 4.31. The second-order valence-electron chi connectivity index (χ2n) is 3.96. The Morgan fingerprint density at radius 2 is 1.80 bits per heavy atom. The number of hydrogen-bond acceptors (Lipinski definition) is 0. The van der Waals surface area contributed by atoms with Gasteiger partial charge in [0.1, 0.15) is 0 Å². The maximum Gasteiger partial charge on any atom is -0.0181 e. The van der Waals surface area contributed by atoms with Crippen molar-refractivity contribution in [3.05, 3.63) is 59.7 Å². The van der Waals surface area contributed by atoms with Gasteiger partial charge >= 0.3 is 0 Å². The Morgan fingerprint density at radius 1 is 1.07 bits per heavy atom. The zero-order chi connectivity index (χ0) is 10.7. The van der Waals surface area contributed by atoms with Crippen LogP contribution in [0.25, 0.3) is 12.2 Å². The van der Waals surface area contributed by atoms with Crippen LogP contribution in [0.15, 0.2) is 48.6 Å². The molecular formula is C15H16. The van der Waals surface area contributed by atoms with E-state index < -0.39 is 0 Å². The molecule has 15 heavy (non-hydrogen) atoms. The zero-order valence-electron chi connectivity index (χ0n) is 9.00. The maximum atomic E-state index is 4.09. The number of rotatable bonds is 2. The summed E-state index contributed by atoms with van der Waals surface area (Å²) in [7, 11) is 0. The van der Waals surface area contributed by atoms with Crippen LogP contribution in [0.5, 0.6) is 0 Å². The molecule has 0 aromatic heterocycles. The predicted octanol–water partition coefficient (Wildman–Crippen LogP) is 4.45. The molecule has 0 unspecified atom stereocenters. The van der Waals surface area contributed by atoms with Gasteiger partial charge in [-0.1, -0.05) is 55.1 Å². The van der Waals surface area contributed by atoms with Crippen LogP contribution in [-0.4, -0.2) is 0 Å². The summed E-state index contributed by atoms with van der Waals surface area (Å²) >= 11 is 0. The first kappa shape index (κ1) is 9.97. The van der Waals surface area contributed by atoms with Gasteiger partial charge in [-0.3, -0.25) is 0 Å². The van der Waals surface area contributed by atoms with Crippen molar-refractivity contribution < 1.29 is 0 Å². The Balaban J connectivity index is 2.38. The van der Waals surface area contributed by atoms with Crippen molar-refractivity contribution in [2.24, 2.45) is 0 Å². The standard InChI is InChI=1S/C15H16/c1-3-13-8-4-5-9-15(13)11-14-10-6-7-12(14)2/h3-5,8-9,11H,1-2,6-7,10H2/b14-11+. The first-order chi connectivity index (χ1) is 7.31. The molecule has 0 heteroatoms. The highest BCUT2D eigenvalue weighted by atomic mass is 14.2. The summed E-state index contributed by atoms with van der Waals surface area (Å²) in [6.45, 7) is 7.93. The first-order valence-corrected chi connectivity index (χ1v) is 5.41. The Labute approximate surface area is 91.6 Å². The monoisotopic (exact) mass is 196 g/mol. The topological polar surface area (TPSA) is 0 Å². The molecule has 0 nitrogen and oxygen atoms in total. The molecule has 76 valence electrons. The van der Waals surface area contributed by atoms with Crippen molar-refractivity contribution in [1.29, 1.82) is 0 Å². The van der Waals surface area contributed by atoms with Crippen LogP contribution in [0.1, 0.15) is 30.4 Å². The van der Waals surface area contributed by atoms with Gasteiger partial charge in [0, 0.05) is 0 Å². The van der Waals surface area contributed by atoms with Crippen LogP contribution < -0.4 is 0 Å². The third-order valence-electron chi connectivity index (χ3n) is 2.92. The molecule has 0 amide bonds. The molecule has 1 aromatic carbocycles. The lowest BCUT2D eigenvalue weighted by molar-refractivity contribution is 0.934. The van der Waals surface area contributed by atoms with Gasteiger partial charge < -0.3 is 0 Å². The van der Waals surface area contributed by atoms with Crippen LogP contribution in [0.4, 0.5) is 0 Å². The van der Waals surface area contributed by atoms with E-state index in [-0.39, 0.29) is 0 Å². The molecular weight excluding hydrogens is 180 g/mol. The molecule has 1 aliphatic rings. The predicted molar refractivity (Wildman–Crippen MR) is 67.5 cm³/mol. The molecule has 2 rings (SSSR count). The quantitative estimate of drug-likeness (QED) is 0.655. The lowest BCUT2D eigenvalue weighted by atomic mass is 10.0. The van der Waals surface area contributed by atoms with Crippen molar-refractivity contribution in [1.82, 2.24) is 0 Å². The number of allylic oxidation sites excluding steroid dienone is 2. The normalized spacial score (nSPS) is 18.4. The largest absolute Gasteiger partial charge is 0.0984 e. The molecule has 1 aromatic rings. The van der Waals surface area contributed by atoms with Gasteiger partial charge in [-0.2, -0.15) is 0 Å². The minimum Gasteiger partial charge on any atom is -0.0984 e. The molecule has 0 spiro atoms. The van der Waals surface area contributed by atoms with Gasteiger partial charge in [0.05, 0.1) is 0 Å². The molecule has 0 atom stereocenters. The first-order valence-electron chi connectivity index (χ1n) is 5.41. The van der Waals surface area contributed by atoms with Crippen molar-refractivity contribution in [3.8, 4) is 0 Å². The maximum absolute atomic E-state index is 4.09.